The molecule has 0 aliphatic carbocycles. The van der Waals surface area contributed by atoms with E-state index in [0.717, 1.165) is 50.5 Å². The van der Waals surface area contributed by atoms with Crippen LogP contribution in [0.2, 0.25) is 0 Å². The molecule has 2 heterocycles. The summed E-state index contributed by atoms with van der Waals surface area (Å²) in [4.78, 5) is 28.0. The SMILES string of the molecule is CCCCCCCC/C=C\CCCCCCCC(=O)OC12CCC(CC(OC(=O)[C@H](CO)c3ccccc3)C1)N2C. The van der Waals surface area contributed by atoms with E-state index in [1.165, 1.54) is 57.8 Å². The lowest BCUT2D eigenvalue weighted by Gasteiger charge is -2.44. The van der Waals surface area contributed by atoms with Crippen LogP contribution < -0.4 is 0 Å². The number of benzene rings is 1. The van der Waals surface area contributed by atoms with E-state index < -0.39 is 17.6 Å². The zero-order valence-corrected chi connectivity index (χ0v) is 25.7. The normalized spacial score (nSPS) is 23.1. The second kappa shape index (κ2) is 18.4. The first kappa shape index (κ1) is 33.3. The number of fused-ring (bicyclic) bond motifs is 2. The fraction of sp³-hybridized carbons (Fsp3) is 0.714. The maximum Gasteiger partial charge on any atom is 0.316 e. The summed E-state index contributed by atoms with van der Waals surface area (Å²) in [6, 6.07) is 9.47. The molecule has 3 rings (SSSR count). The second-order valence-electron chi connectivity index (χ2n) is 12.2. The first-order chi connectivity index (χ1) is 20.0. The van der Waals surface area contributed by atoms with Crippen molar-refractivity contribution < 1.29 is 24.2 Å². The molecule has 2 aliphatic rings. The predicted octanol–water partition coefficient (Wildman–Crippen LogP) is 7.84. The van der Waals surface area contributed by atoms with E-state index in [0.29, 0.717) is 12.8 Å². The maximum atomic E-state index is 12.9. The summed E-state index contributed by atoms with van der Waals surface area (Å²) < 4.78 is 12.0. The quantitative estimate of drug-likeness (QED) is 0.0979. The van der Waals surface area contributed by atoms with Gasteiger partial charge in [0.05, 0.1) is 6.61 Å². The highest BCUT2D eigenvalue weighted by Crippen LogP contribution is 2.45. The molecule has 0 radical (unpaired) electrons. The molecule has 0 spiro atoms. The highest BCUT2D eigenvalue weighted by Gasteiger charge is 2.53. The van der Waals surface area contributed by atoms with Crippen LogP contribution in [0.3, 0.4) is 0 Å². The van der Waals surface area contributed by atoms with Gasteiger partial charge in [0.15, 0.2) is 5.72 Å². The summed E-state index contributed by atoms with van der Waals surface area (Å²) >= 11 is 0. The molecule has 4 atom stereocenters. The van der Waals surface area contributed by atoms with E-state index in [9.17, 15) is 14.7 Å². The molecule has 0 aromatic heterocycles. The molecule has 1 aromatic carbocycles. The van der Waals surface area contributed by atoms with Gasteiger partial charge in [-0.1, -0.05) is 101 Å². The van der Waals surface area contributed by atoms with Gasteiger partial charge in [-0.25, -0.2) is 0 Å². The number of aliphatic hydroxyl groups excluding tert-OH is 1. The van der Waals surface area contributed by atoms with Crippen molar-refractivity contribution in [2.24, 2.45) is 0 Å². The number of nitrogens with zero attached hydrogens (tertiary/aromatic N) is 1. The third-order valence-corrected chi connectivity index (χ3v) is 9.04. The molecule has 2 saturated heterocycles. The van der Waals surface area contributed by atoms with Crippen LogP contribution in [0.15, 0.2) is 42.5 Å². The zero-order chi connectivity index (χ0) is 29.3. The molecule has 3 unspecified atom stereocenters. The molecule has 41 heavy (non-hydrogen) atoms. The van der Waals surface area contributed by atoms with Gasteiger partial charge in [-0.15, -0.1) is 0 Å². The summed E-state index contributed by atoms with van der Waals surface area (Å²) in [5.41, 5.74) is 0.0471. The minimum absolute atomic E-state index is 0.153. The van der Waals surface area contributed by atoms with E-state index in [1.807, 2.05) is 37.4 Å². The standard InChI is InChI=1S/C35H55NO5/c1-3-4-5-6-7-8-9-10-11-12-13-14-15-16-20-23-33(38)41-35-25-24-30(36(35)2)26-31(27-35)40-34(39)32(28-37)29-21-18-17-19-22-29/h10-11,17-19,21-22,30-32,37H,3-9,12-16,20,23-28H2,1-2H3/b11-10-/t30?,31?,32-,35?/m1/s1. The number of ether oxygens (including phenoxy) is 2. The third kappa shape index (κ3) is 10.9. The largest absolute Gasteiger partial charge is 0.462 e. The lowest BCUT2D eigenvalue weighted by Crippen LogP contribution is -2.55. The zero-order valence-electron chi connectivity index (χ0n) is 25.7. The number of esters is 2. The minimum atomic E-state index is -0.701. The van der Waals surface area contributed by atoms with Crippen LogP contribution in [-0.4, -0.2) is 53.5 Å². The van der Waals surface area contributed by atoms with E-state index in [-0.39, 0.29) is 24.7 Å². The lowest BCUT2D eigenvalue weighted by molar-refractivity contribution is -0.199. The van der Waals surface area contributed by atoms with Gasteiger partial charge in [-0.2, -0.15) is 0 Å². The van der Waals surface area contributed by atoms with E-state index in [2.05, 4.69) is 24.0 Å². The van der Waals surface area contributed by atoms with Crippen LogP contribution in [0, 0.1) is 0 Å². The molecule has 2 fully saturated rings. The summed E-state index contributed by atoms with van der Waals surface area (Å²) in [5, 5.41) is 9.86. The highest BCUT2D eigenvalue weighted by atomic mass is 16.6. The van der Waals surface area contributed by atoms with E-state index in [1.54, 1.807) is 0 Å². The number of unbranched alkanes of at least 4 members (excludes halogenated alkanes) is 11. The fourth-order valence-electron chi connectivity index (χ4n) is 6.46. The van der Waals surface area contributed by atoms with Crippen LogP contribution in [-0.2, 0) is 19.1 Å². The number of aliphatic hydroxyl groups is 1. The van der Waals surface area contributed by atoms with Crippen molar-refractivity contribution in [3.8, 4) is 0 Å². The van der Waals surface area contributed by atoms with Crippen LogP contribution in [0.4, 0.5) is 0 Å². The Bertz CT molecular complexity index is 918. The van der Waals surface area contributed by atoms with Crippen molar-refractivity contribution in [2.45, 2.75) is 146 Å². The number of hydrogen-bond donors (Lipinski definition) is 1. The summed E-state index contributed by atoms with van der Waals surface area (Å²) in [6.45, 7) is 1.96. The average Bonchev–Trinajstić information content (AvgIpc) is 3.13. The molecule has 230 valence electrons. The molecule has 6 heteroatoms. The van der Waals surface area contributed by atoms with Crippen LogP contribution >= 0.6 is 0 Å². The van der Waals surface area contributed by atoms with Crippen LogP contribution in [0.25, 0.3) is 0 Å². The smallest absolute Gasteiger partial charge is 0.316 e. The summed E-state index contributed by atoms with van der Waals surface area (Å²) in [7, 11) is 2.02. The Labute approximate surface area is 248 Å². The van der Waals surface area contributed by atoms with Crippen LogP contribution in [0.5, 0.6) is 0 Å². The molecule has 2 aliphatic heterocycles. The van der Waals surface area contributed by atoms with Gasteiger partial charge in [0.25, 0.3) is 0 Å². The molecule has 1 N–H and O–H groups in total. The Balaban J connectivity index is 1.31. The maximum absolute atomic E-state index is 12.9. The van der Waals surface area contributed by atoms with Gasteiger partial charge in [0, 0.05) is 31.7 Å². The molecule has 6 nitrogen and oxygen atoms in total. The first-order valence-corrected chi connectivity index (χ1v) is 16.4. The Hall–Kier alpha value is -2.18. The fourth-order valence-corrected chi connectivity index (χ4v) is 6.46. The Morgan fingerprint density at radius 1 is 0.976 bits per heavy atom. The van der Waals surface area contributed by atoms with Crippen LogP contribution in [0.1, 0.15) is 134 Å². The molecule has 2 bridgehead atoms. The Morgan fingerprint density at radius 3 is 2.27 bits per heavy atom. The molecule has 1 aromatic rings. The van der Waals surface area contributed by atoms with Crippen molar-refractivity contribution in [2.75, 3.05) is 13.7 Å². The van der Waals surface area contributed by atoms with Gasteiger partial charge in [-0.05, 0) is 51.1 Å². The van der Waals surface area contributed by atoms with Gasteiger partial charge < -0.3 is 14.6 Å². The molecule has 0 amide bonds. The topological polar surface area (TPSA) is 76.1 Å². The summed E-state index contributed by atoms with van der Waals surface area (Å²) in [5.74, 6) is -1.27. The minimum Gasteiger partial charge on any atom is -0.462 e. The number of hydrogen-bond acceptors (Lipinski definition) is 6. The van der Waals surface area contributed by atoms with E-state index in [4.69, 9.17) is 9.47 Å². The van der Waals surface area contributed by atoms with Gasteiger partial charge >= 0.3 is 11.9 Å². The molecular formula is C35H55NO5. The number of carbonyl (C=O) groups excluding carboxylic acids is 2. The lowest BCUT2D eigenvalue weighted by atomic mass is 9.96. The first-order valence-electron chi connectivity index (χ1n) is 16.4. The second-order valence-corrected chi connectivity index (χ2v) is 12.2. The van der Waals surface area contributed by atoms with Crippen molar-refractivity contribution in [3.05, 3.63) is 48.0 Å². The summed E-state index contributed by atoms with van der Waals surface area (Å²) in [6.07, 6.45) is 23.7. The average molecular weight is 570 g/mol. The molecule has 0 saturated carbocycles. The molecular weight excluding hydrogens is 514 g/mol. The highest BCUT2D eigenvalue weighted by molar-refractivity contribution is 5.78. The third-order valence-electron chi connectivity index (χ3n) is 9.04. The van der Waals surface area contributed by atoms with Crippen molar-refractivity contribution >= 4 is 11.9 Å². The monoisotopic (exact) mass is 569 g/mol. The van der Waals surface area contributed by atoms with Crippen molar-refractivity contribution in [3.63, 3.8) is 0 Å². The van der Waals surface area contributed by atoms with E-state index >= 15 is 0 Å². The predicted molar refractivity (Wildman–Crippen MR) is 164 cm³/mol. The van der Waals surface area contributed by atoms with Gasteiger partial charge in [0.1, 0.15) is 12.0 Å². The Kier molecular flexibility index (Phi) is 14.9. The van der Waals surface area contributed by atoms with Gasteiger partial charge in [0.2, 0.25) is 0 Å². The number of piperidine rings is 1. The Morgan fingerprint density at radius 2 is 1.61 bits per heavy atom. The van der Waals surface area contributed by atoms with Gasteiger partial charge in [-0.3, -0.25) is 14.5 Å². The van der Waals surface area contributed by atoms with Crippen molar-refractivity contribution in [1.29, 1.82) is 0 Å². The number of allylic oxidation sites excluding steroid dienone is 2. The number of carbonyl (C=O) groups is 2. The van der Waals surface area contributed by atoms with Crippen molar-refractivity contribution in [1.82, 2.24) is 4.90 Å². The number of rotatable bonds is 20.